The molecule has 180 valence electrons. The Kier molecular flexibility index (Phi) is 6.37. The number of nitrogens with one attached hydrogen (secondary N) is 1. The number of fused-ring (bicyclic) bond motifs is 3. The lowest BCUT2D eigenvalue weighted by Crippen LogP contribution is -2.63. The molecule has 1 unspecified atom stereocenters. The van der Waals surface area contributed by atoms with E-state index in [1.807, 2.05) is 62.1 Å². The highest BCUT2D eigenvalue weighted by molar-refractivity contribution is 6.06. The Morgan fingerprint density at radius 1 is 1.06 bits per heavy atom. The van der Waals surface area contributed by atoms with Gasteiger partial charge in [-0.15, -0.1) is 0 Å². The summed E-state index contributed by atoms with van der Waals surface area (Å²) in [4.78, 5) is 43.1. The maximum atomic E-state index is 13.2. The molecule has 1 atom stereocenters. The fourth-order valence-electron chi connectivity index (χ4n) is 4.11. The maximum absolute atomic E-state index is 13.2. The molecule has 1 saturated heterocycles. The van der Waals surface area contributed by atoms with Crippen molar-refractivity contribution in [2.24, 2.45) is 0 Å². The minimum absolute atomic E-state index is 0.121. The number of carbonyl (C=O) groups is 3. The predicted octanol–water partition coefficient (Wildman–Crippen LogP) is 3.84. The molecule has 4 rings (SSSR count). The van der Waals surface area contributed by atoms with E-state index in [1.54, 1.807) is 29.0 Å². The number of likely N-dealkylation sites (N-methyl/N-ethyl adjacent to an activating group) is 1. The minimum atomic E-state index is -0.597. The van der Waals surface area contributed by atoms with Gasteiger partial charge in [0.2, 0.25) is 0 Å². The zero-order valence-electron chi connectivity index (χ0n) is 19.9. The van der Waals surface area contributed by atoms with Crippen molar-refractivity contribution < 1.29 is 23.9 Å². The molecule has 9 heteroatoms. The number of hydrogen-bond acceptors (Lipinski definition) is 6. The third kappa shape index (κ3) is 5.08. The van der Waals surface area contributed by atoms with Crippen LogP contribution >= 0.6 is 0 Å². The van der Waals surface area contributed by atoms with Crippen LogP contribution in [-0.4, -0.2) is 61.3 Å². The molecule has 0 bridgehead atoms. The lowest BCUT2D eigenvalue weighted by Gasteiger charge is -2.47. The van der Waals surface area contributed by atoms with Gasteiger partial charge in [-0.05, 0) is 44.5 Å². The van der Waals surface area contributed by atoms with Crippen LogP contribution < -0.4 is 15.1 Å². The molecule has 1 fully saturated rings. The van der Waals surface area contributed by atoms with Crippen LogP contribution in [0, 0.1) is 0 Å². The second-order valence-electron chi connectivity index (χ2n) is 9.42. The minimum Gasteiger partial charge on any atom is -0.444 e. The van der Waals surface area contributed by atoms with Gasteiger partial charge in [0, 0.05) is 25.8 Å². The van der Waals surface area contributed by atoms with Crippen molar-refractivity contribution in [3.63, 3.8) is 0 Å². The van der Waals surface area contributed by atoms with E-state index in [1.165, 1.54) is 0 Å². The van der Waals surface area contributed by atoms with Crippen LogP contribution in [0.15, 0.2) is 48.5 Å². The van der Waals surface area contributed by atoms with Crippen molar-refractivity contribution in [1.29, 1.82) is 0 Å². The van der Waals surface area contributed by atoms with Crippen molar-refractivity contribution >= 4 is 35.2 Å². The first-order valence-corrected chi connectivity index (χ1v) is 11.3. The Morgan fingerprint density at radius 2 is 1.79 bits per heavy atom. The van der Waals surface area contributed by atoms with E-state index in [9.17, 15) is 14.4 Å². The molecule has 3 amide bonds. The monoisotopic (exact) mass is 466 g/mol. The Hall–Kier alpha value is -3.75. The molecule has 2 aliphatic heterocycles. The van der Waals surface area contributed by atoms with Gasteiger partial charge in [-0.25, -0.2) is 9.59 Å². The van der Waals surface area contributed by atoms with Crippen LogP contribution in [-0.2, 0) is 20.9 Å². The van der Waals surface area contributed by atoms with Gasteiger partial charge >= 0.3 is 12.2 Å². The topological polar surface area (TPSA) is 91.4 Å². The second kappa shape index (κ2) is 9.24. The number of hydrogen-bond donors (Lipinski definition) is 1. The van der Waals surface area contributed by atoms with Gasteiger partial charge in [0.15, 0.2) is 0 Å². The average molecular weight is 467 g/mol. The number of benzene rings is 2. The summed E-state index contributed by atoms with van der Waals surface area (Å²) in [7, 11) is 1.70. The Morgan fingerprint density at radius 3 is 2.50 bits per heavy atom. The lowest BCUT2D eigenvalue weighted by atomic mass is 10.0. The van der Waals surface area contributed by atoms with Crippen LogP contribution in [0.2, 0.25) is 0 Å². The first kappa shape index (κ1) is 23.4. The zero-order valence-corrected chi connectivity index (χ0v) is 19.9. The summed E-state index contributed by atoms with van der Waals surface area (Å²) in [5.41, 5.74) is 2.39. The molecule has 0 aromatic heterocycles. The molecule has 0 aliphatic carbocycles. The van der Waals surface area contributed by atoms with Crippen LogP contribution in [0.5, 0.6) is 0 Å². The molecular formula is C25H30N4O5. The van der Waals surface area contributed by atoms with E-state index in [2.05, 4.69) is 5.32 Å². The summed E-state index contributed by atoms with van der Waals surface area (Å²) < 4.78 is 10.8. The largest absolute Gasteiger partial charge is 0.444 e. The summed E-state index contributed by atoms with van der Waals surface area (Å²) >= 11 is 0. The fraction of sp³-hybridized carbons (Fsp3) is 0.400. The molecule has 2 heterocycles. The Balaban J connectivity index is 1.44. The van der Waals surface area contributed by atoms with Gasteiger partial charge in [-0.1, -0.05) is 30.3 Å². The predicted molar refractivity (Wildman–Crippen MR) is 129 cm³/mol. The quantitative estimate of drug-likeness (QED) is 0.739. The summed E-state index contributed by atoms with van der Waals surface area (Å²) in [6, 6.07) is 14.3. The molecule has 0 spiro atoms. The van der Waals surface area contributed by atoms with E-state index in [4.69, 9.17) is 9.47 Å². The SMILES string of the molecule is CN1C(=O)C2CN(C(=O)OC(C)(C)C)CCN2c2ccc(NC(=O)OCc3ccccc3)cc21. The Bertz CT molecular complexity index is 1080. The van der Waals surface area contributed by atoms with Crippen LogP contribution in [0.25, 0.3) is 0 Å². The number of nitrogens with zero attached hydrogens (tertiary/aromatic N) is 3. The third-order valence-electron chi connectivity index (χ3n) is 5.75. The van der Waals surface area contributed by atoms with Gasteiger partial charge in [-0.3, -0.25) is 10.1 Å². The van der Waals surface area contributed by atoms with Crippen LogP contribution in [0.1, 0.15) is 26.3 Å². The molecule has 2 aliphatic rings. The van der Waals surface area contributed by atoms with Gasteiger partial charge in [0.1, 0.15) is 18.2 Å². The number of piperazine rings is 1. The number of amides is 3. The molecule has 9 nitrogen and oxygen atoms in total. The van der Waals surface area contributed by atoms with Gasteiger partial charge in [0.05, 0.1) is 17.9 Å². The summed E-state index contributed by atoms with van der Waals surface area (Å²) in [6.45, 7) is 6.83. The van der Waals surface area contributed by atoms with Gasteiger partial charge < -0.3 is 24.2 Å². The highest BCUT2D eigenvalue weighted by atomic mass is 16.6. The van der Waals surface area contributed by atoms with Crippen molar-refractivity contribution in [1.82, 2.24) is 4.90 Å². The normalized spacial score (nSPS) is 17.6. The van der Waals surface area contributed by atoms with Crippen LogP contribution in [0.4, 0.5) is 26.7 Å². The molecule has 2 aromatic rings. The summed E-state index contributed by atoms with van der Waals surface area (Å²) in [5.74, 6) is -0.121. The van der Waals surface area contributed by atoms with E-state index < -0.39 is 23.8 Å². The molecule has 1 N–H and O–H groups in total. The molecule has 34 heavy (non-hydrogen) atoms. The van der Waals surface area contributed by atoms with E-state index in [0.717, 1.165) is 11.3 Å². The molecular weight excluding hydrogens is 436 g/mol. The number of carbonyl (C=O) groups excluding carboxylic acids is 3. The van der Waals surface area contributed by atoms with Crippen molar-refractivity contribution in [3.8, 4) is 0 Å². The van der Waals surface area contributed by atoms with Crippen LogP contribution in [0.3, 0.4) is 0 Å². The fourth-order valence-corrected chi connectivity index (χ4v) is 4.11. The maximum Gasteiger partial charge on any atom is 0.411 e. The van der Waals surface area contributed by atoms with E-state index in [0.29, 0.717) is 24.5 Å². The second-order valence-corrected chi connectivity index (χ2v) is 9.42. The van der Waals surface area contributed by atoms with Crippen molar-refractivity contribution in [3.05, 3.63) is 54.1 Å². The molecule has 2 aromatic carbocycles. The zero-order chi connectivity index (χ0) is 24.5. The summed E-state index contributed by atoms with van der Waals surface area (Å²) in [5, 5.41) is 2.73. The first-order valence-electron chi connectivity index (χ1n) is 11.3. The third-order valence-corrected chi connectivity index (χ3v) is 5.75. The standard InChI is InChI=1S/C25H30N4O5/c1-25(2,3)34-24(32)28-12-13-29-19-11-10-18(14-20(19)27(4)22(30)21(29)15-28)26-23(31)33-16-17-8-6-5-7-9-17/h5-11,14,21H,12-13,15-16H2,1-4H3,(H,26,31). The van der Waals surface area contributed by atoms with Gasteiger partial charge in [-0.2, -0.15) is 0 Å². The number of ether oxygens (including phenoxy) is 2. The van der Waals surface area contributed by atoms with Gasteiger partial charge in [0.25, 0.3) is 5.91 Å². The van der Waals surface area contributed by atoms with Crippen molar-refractivity contribution in [2.45, 2.75) is 39.0 Å². The number of anilines is 3. The highest BCUT2D eigenvalue weighted by Gasteiger charge is 2.42. The number of rotatable bonds is 3. The summed E-state index contributed by atoms with van der Waals surface area (Å²) in [6.07, 6.45) is -0.987. The lowest BCUT2D eigenvalue weighted by molar-refractivity contribution is -0.120. The van der Waals surface area contributed by atoms with E-state index in [-0.39, 0.29) is 19.1 Å². The Labute approximate surface area is 199 Å². The molecule has 0 radical (unpaired) electrons. The van der Waals surface area contributed by atoms with E-state index >= 15 is 0 Å². The smallest absolute Gasteiger partial charge is 0.411 e. The highest BCUT2D eigenvalue weighted by Crippen LogP contribution is 2.38. The first-order chi connectivity index (χ1) is 16.1. The average Bonchev–Trinajstić information content (AvgIpc) is 2.80. The molecule has 0 saturated carbocycles. The van der Waals surface area contributed by atoms with Crippen molar-refractivity contribution in [2.75, 3.05) is 41.8 Å².